The summed E-state index contributed by atoms with van der Waals surface area (Å²) in [6.45, 7) is 0. The SMILES string of the molecule is O=C1N[C@H](C(F)(F)F)c2cccc3cccc1c23. The minimum atomic E-state index is -4.49. The van der Waals surface area contributed by atoms with Crippen LogP contribution in [0.4, 0.5) is 13.2 Å². The molecule has 92 valence electrons. The summed E-state index contributed by atoms with van der Waals surface area (Å²) < 4.78 is 38.8. The Morgan fingerprint density at radius 1 is 1.06 bits per heavy atom. The lowest BCUT2D eigenvalue weighted by Crippen LogP contribution is -2.41. The summed E-state index contributed by atoms with van der Waals surface area (Å²) in [7, 11) is 0. The highest BCUT2D eigenvalue weighted by Gasteiger charge is 2.45. The Bertz CT molecular complexity index is 643. The quantitative estimate of drug-likeness (QED) is 0.765. The lowest BCUT2D eigenvalue weighted by atomic mass is 9.91. The van der Waals surface area contributed by atoms with Crippen LogP contribution < -0.4 is 5.32 Å². The molecule has 5 heteroatoms. The Hall–Kier alpha value is -2.04. The Balaban J connectivity index is 2.37. The third-order valence-corrected chi connectivity index (χ3v) is 3.10. The van der Waals surface area contributed by atoms with Gasteiger partial charge in [0.2, 0.25) is 0 Å². The molecule has 1 aliphatic heterocycles. The van der Waals surface area contributed by atoms with Crippen LogP contribution in [0.25, 0.3) is 10.8 Å². The molecule has 1 aliphatic rings. The highest BCUT2D eigenvalue weighted by Crippen LogP contribution is 2.40. The Morgan fingerprint density at radius 3 is 2.39 bits per heavy atom. The number of rotatable bonds is 0. The molecule has 0 aliphatic carbocycles. The molecule has 0 saturated heterocycles. The van der Waals surface area contributed by atoms with Crippen LogP contribution in [0.15, 0.2) is 36.4 Å². The predicted octanol–water partition coefficient (Wildman–Crippen LogP) is 3.19. The summed E-state index contributed by atoms with van der Waals surface area (Å²) in [4.78, 5) is 11.7. The molecule has 1 amide bonds. The van der Waals surface area contributed by atoms with Crippen molar-refractivity contribution in [1.82, 2.24) is 5.32 Å². The molecule has 2 nitrogen and oxygen atoms in total. The number of halogens is 3. The summed E-state index contributed by atoms with van der Waals surface area (Å²) in [6.07, 6.45) is -4.49. The number of nitrogens with one attached hydrogen (secondary N) is 1. The summed E-state index contributed by atoms with van der Waals surface area (Å²) in [5.74, 6) is -0.679. The molecule has 18 heavy (non-hydrogen) atoms. The van der Waals surface area contributed by atoms with Crippen molar-refractivity contribution >= 4 is 16.7 Å². The van der Waals surface area contributed by atoms with Gasteiger partial charge in [0.15, 0.2) is 6.04 Å². The maximum atomic E-state index is 12.9. The van der Waals surface area contributed by atoms with Crippen LogP contribution in [0.3, 0.4) is 0 Å². The van der Waals surface area contributed by atoms with Gasteiger partial charge in [0.1, 0.15) is 0 Å². The number of hydrogen-bond acceptors (Lipinski definition) is 1. The first-order valence-corrected chi connectivity index (χ1v) is 5.38. The first-order valence-electron chi connectivity index (χ1n) is 5.38. The molecular weight excluding hydrogens is 243 g/mol. The lowest BCUT2D eigenvalue weighted by molar-refractivity contribution is -0.155. The van der Waals surface area contributed by atoms with Crippen molar-refractivity contribution < 1.29 is 18.0 Å². The van der Waals surface area contributed by atoms with Crippen molar-refractivity contribution in [2.45, 2.75) is 12.2 Å². The second-order valence-corrected chi connectivity index (χ2v) is 4.20. The summed E-state index contributed by atoms with van der Waals surface area (Å²) >= 11 is 0. The van der Waals surface area contributed by atoms with Crippen LogP contribution in [0.2, 0.25) is 0 Å². The van der Waals surface area contributed by atoms with E-state index in [9.17, 15) is 18.0 Å². The summed E-state index contributed by atoms with van der Waals surface area (Å²) in [5, 5.41) is 3.05. The first-order chi connectivity index (χ1) is 8.48. The average Bonchev–Trinajstić information content (AvgIpc) is 2.32. The second kappa shape index (κ2) is 3.48. The fourth-order valence-electron chi connectivity index (χ4n) is 2.34. The molecule has 0 bridgehead atoms. The molecule has 2 aromatic rings. The third kappa shape index (κ3) is 1.47. The van der Waals surface area contributed by atoms with E-state index in [1.165, 1.54) is 12.1 Å². The number of alkyl halides is 3. The highest BCUT2D eigenvalue weighted by atomic mass is 19.4. The number of benzene rings is 2. The zero-order valence-corrected chi connectivity index (χ0v) is 9.08. The van der Waals surface area contributed by atoms with E-state index in [1.807, 2.05) is 5.32 Å². The van der Waals surface area contributed by atoms with Gasteiger partial charge in [-0.25, -0.2) is 0 Å². The number of carbonyl (C=O) groups is 1. The molecule has 0 radical (unpaired) electrons. The van der Waals surface area contributed by atoms with Gasteiger partial charge in [-0.1, -0.05) is 30.3 Å². The fraction of sp³-hybridized carbons (Fsp3) is 0.154. The van der Waals surface area contributed by atoms with Crippen LogP contribution in [-0.2, 0) is 0 Å². The van der Waals surface area contributed by atoms with Crippen molar-refractivity contribution in [3.8, 4) is 0 Å². The zero-order chi connectivity index (χ0) is 12.9. The average molecular weight is 251 g/mol. The van der Waals surface area contributed by atoms with Gasteiger partial charge in [0.05, 0.1) is 0 Å². The monoisotopic (exact) mass is 251 g/mol. The maximum Gasteiger partial charge on any atom is 0.412 e. The van der Waals surface area contributed by atoms with E-state index in [2.05, 4.69) is 0 Å². The van der Waals surface area contributed by atoms with Gasteiger partial charge in [-0.05, 0) is 17.0 Å². The van der Waals surface area contributed by atoms with Crippen LogP contribution in [0, 0.1) is 0 Å². The Labute approximate surface area is 100 Å². The normalized spacial score (nSPS) is 18.8. The molecule has 1 N–H and O–H groups in total. The third-order valence-electron chi connectivity index (χ3n) is 3.10. The minimum Gasteiger partial charge on any atom is -0.337 e. The topological polar surface area (TPSA) is 29.1 Å². The number of amides is 1. The van der Waals surface area contributed by atoms with Crippen molar-refractivity contribution in [2.24, 2.45) is 0 Å². The Kier molecular flexibility index (Phi) is 2.14. The molecule has 1 atom stereocenters. The minimum absolute atomic E-state index is 0.107. The van der Waals surface area contributed by atoms with E-state index in [4.69, 9.17) is 0 Å². The Morgan fingerprint density at radius 2 is 1.72 bits per heavy atom. The molecule has 2 aromatic carbocycles. The van der Waals surface area contributed by atoms with Gasteiger partial charge in [0.25, 0.3) is 5.91 Å². The van der Waals surface area contributed by atoms with Gasteiger partial charge in [-0.15, -0.1) is 0 Å². The van der Waals surface area contributed by atoms with E-state index in [-0.39, 0.29) is 5.56 Å². The lowest BCUT2D eigenvalue weighted by Gasteiger charge is -2.28. The van der Waals surface area contributed by atoms with Gasteiger partial charge >= 0.3 is 6.18 Å². The molecule has 0 spiro atoms. The zero-order valence-electron chi connectivity index (χ0n) is 9.08. The molecule has 0 saturated carbocycles. The van der Waals surface area contributed by atoms with Gasteiger partial charge in [-0.2, -0.15) is 13.2 Å². The van der Waals surface area contributed by atoms with Crippen molar-refractivity contribution in [2.75, 3.05) is 0 Å². The van der Waals surface area contributed by atoms with Gasteiger partial charge < -0.3 is 5.32 Å². The molecule has 0 unspecified atom stereocenters. The van der Waals surface area contributed by atoms with Crippen molar-refractivity contribution in [3.05, 3.63) is 47.5 Å². The number of hydrogen-bond donors (Lipinski definition) is 1. The summed E-state index contributed by atoms with van der Waals surface area (Å²) in [6, 6.07) is 7.65. The van der Waals surface area contributed by atoms with Crippen molar-refractivity contribution in [1.29, 1.82) is 0 Å². The first kappa shape index (κ1) is 11.1. The second-order valence-electron chi connectivity index (χ2n) is 4.20. The molecule has 3 rings (SSSR count). The van der Waals surface area contributed by atoms with E-state index >= 15 is 0 Å². The molecular formula is C13H8F3NO. The van der Waals surface area contributed by atoms with Crippen LogP contribution >= 0.6 is 0 Å². The van der Waals surface area contributed by atoms with Crippen LogP contribution in [0.5, 0.6) is 0 Å². The molecule has 1 heterocycles. The largest absolute Gasteiger partial charge is 0.412 e. The predicted molar refractivity (Wildman–Crippen MR) is 60.2 cm³/mol. The highest BCUT2D eigenvalue weighted by molar-refractivity contribution is 6.10. The summed E-state index contributed by atoms with van der Waals surface area (Å²) in [5.41, 5.74) is 0.402. The fourth-order valence-corrected chi connectivity index (χ4v) is 2.34. The van der Waals surface area contributed by atoms with Crippen LogP contribution in [-0.4, -0.2) is 12.1 Å². The van der Waals surface area contributed by atoms with E-state index < -0.39 is 18.1 Å². The van der Waals surface area contributed by atoms with E-state index in [1.54, 1.807) is 24.3 Å². The van der Waals surface area contributed by atoms with Gasteiger partial charge in [-0.3, -0.25) is 4.79 Å². The molecule has 0 aromatic heterocycles. The van der Waals surface area contributed by atoms with E-state index in [0.717, 1.165) is 0 Å². The smallest absolute Gasteiger partial charge is 0.337 e. The van der Waals surface area contributed by atoms with Crippen LogP contribution in [0.1, 0.15) is 22.0 Å². The maximum absolute atomic E-state index is 12.9. The number of carbonyl (C=O) groups excluding carboxylic acids is 1. The molecule has 0 fully saturated rings. The standard InChI is InChI=1S/C13H8F3NO/c14-13(15,16)11-8-5-1-3-7-4-2-6-9(10(7)8)12(18)17-11/h1-6,11H,(H,17,18)/t11-/m0/s1. The van der Waals surface area contributed by atoms with Gasteiger partial charge in [0, 0.05) is 10.9 Å². The van der Waals surface area contributed by atoms with Crippen molar-refractivity contribution in [3.63, 3.8) is 0 Å². The van der Waals surface area contributed by atoms with E-state index in [0.29, 0.717) is 16.3 Å².